The number of hydrogen-bond acceptors (Lipinski definition) is 4. The molecule has 2 aromatic rings. The van der Waals surface area contributed by atoms with Crippen LogP contribution < -0.4 is 16.4 Å². The van der Waals surface area contributed by atoms with Gasteiger partial charge in [0, 0.05) is 6.42 Å². The molecule has 0 aromatic heterocycles. The largest absolute Gasteiger partial charge is 0.445 e. The monoisotopic (exact) mass is 383 g/mol. The summed E-state index contributed by atoms with van der Waals surface area (Å²) in [7, 11) is 0. The van der Waals surface area contributed by atoms with Crippen LogP contribution in [0.15, 0.2) is 48.5 Å². The first-order chi connectivity index (χ1) is 13.4. The molecule has 3 amide bonds. The van der Waals surface area contributed by atoms with Crippen molar-refractivity contribution in [1.82, 2.24) is 10.6 Å². The number of rotatable bonds is 8. The Hall–Kier alpha value is -3.35. The van der Waals surface area contributed by atoms with Crippen molar-refractivity contribution < 1.29 is 19.1 Å². The van der Waals surface area contributed by atoms with Crippen LogP contribution in [0.3, 0.4) is 0 Å². The van der Waals surface area contributed by atoms with E-state index in [0.29, 0.717) is 0 Å². The summed E-state index contributed by atoms with van der Waals surface area (Å²) in [4.78, 5) is 35.6. The third-order valence-electron chi connectivity index (χ3n) is 4.34. The van der Waals surface area contributed by atoms with E-state index in [0.717, 1.165) is 22.3 Å². The highest BCUT2D eigenvalue weighted by molar-refractivity contribution is 5.88. The highest BCUT2D eigenvalue weighted by Gasteiger charge is 2.20. The third-order valence-corrected chi connectivity index (χ3v) is 4.34. The second kappa shape index (κ2) is 10.1. The van der Waals surface area contributed by atoms with Gasteiger partial charge in [0.15, 0.2) is 0 Å². The first-order valence-electron chi connectivity index (χ1n) is 8.95. The lowest BCUT2D eigenvalue weighted by Crippen LogP contribution is -2.49. The van der Waals surface area contributed by atoms with Gasteiger partial charge >= 0.3 is 6.09 Å². The van der Waals surface area contributed by atoms with Gasteiger partial charge in [-0.3, -0.25) is 9.59 Å². The topological polar surface area (TPSA) is 111 Å². The van der Waals surface area contributed by atoms with Crippen molar-refractivity contribution in [3.63, 3.8) is 0 Å². The molecule has 0 aliphatic carbocycles. The van der Waals surface area contributed by atoms with E-state index in [2.05, 4.69) is 10.6 Å². The summed E-state index contributed by atoms with van der Waals surface area (Å²) in [5, 5.41) is 4.92. The quantitative estimate of drug-likeness (QED) is 0.645. The van der Waals surface area contributed by atoms with Crippen molar-refractivity contribution in [3.8, 4) is 0 Å². The second-order valence-electron chi connectivity index (χ2n) is 6.51. The average Bonchev–Trinajstić information content (AvgIpc) is 2.67. The zero-order valence-corrected chi connectivity index (χ0v) is 16.0. The number of hydrogen-bond donors (Lipinski definition) is 3. The Morgan fingerprint density at radius 3 is 2.25 bits per heavy atom. The summed E-state index contributed by atoms with van der Waals surface area (Å²) in [6, 6.07) is 14.1. The molecule has 0 saturated heterocycles. The molecule has 0 fully saturated rings. The molecule has 0 unspecified atom stereocenters. The molecular weight excluding hydrogens is 358 g/mol. The van der Waals surface area contributed by atoms with Gasteiger partial charge in [-0.1, -0.05) is 48.5 Å². The third kappa shape index (κ3) is 6.42. The minimum Gasteiger partial charge on any atom is -0.445 e. The van der Waals surface area contributed by atoms with Gasteiger partial charge < -0.3 is 21.1 Å². The lowest BCUT2D eigenvalue weighted by Gasteiger charge is -2.18. The Bertz CT molecular complexity index is 817. The molecule has 0 bridgehead atoms. The molecule has 4 N–H and O–H groups in total. The molecule has 0 saturated carbocycles. The van der Waals surface area contributed by atoms with Gasteiger partial charge in [-0.05, 0) is 36.1 Å². The molecule has 0 heterocycles. The number of carbonyl (C=O) groups is 3. The summed E-state index contributed by atoms with van der Waals surface area (Å²) < 4.78 is 5.04. The van der Waals surface area contributed by atoms with Crippen molar-refractivity contribution in [2.45, 2.75) is 32.9 Å². The van der Waals surface area contributed by atoms with Crippen LogP contribution in [-0.2, 0) is 27.4 Å². The molecule has 28 heavy (non-hydrogen) atoms. The number of primary amides is 1. The minimum atomic E-state index is -0.866. The Morgan fingerprint density at radius 2 is 1.64 bits per heavy atom. The number of benzene rings is 2. The molecule has 148 valence electrons. The minimum absolute atomic E-state index is 0.102. The predicted octanol–water partition coefficient (Wildman–Crippen LogP) is 1.74. The van der Waals surface area contributed by atoms with Crippen molar-refractivity contribution >= 4 is 17.9 Å². The number of nitrogens with one attached hydrogen (secondary N) is 2. The Balaban J connectivity index is 1.83. The van der Waals surface area contributed by atoms with Crippen molar-refractivity contribution in [3.05, 3.63) is 70.8 Å². The summed E-state index contributed by atoms with van der Waals surface area (Å²) >= 11 is 0. The smallest absolute Gasteiger partial charge is 0.407 e. The van der Waals surface area contributed by atoms with Crippen LogP contribution in [0.25, 0.3) is 0 Å². The van der Waals surface area contributed by atoms with E-state index >= 15 is 0 Å². The summed E-state index contributed by atoms with van der Waals surface area (Å²) in [6.07, 6.45) is -0.428. The highest BCUT2D eigenvalue weighted by atomic mass is 16.5. The zero-order valence-electron chi connectivity index (χ0n) is 16.0. The van der Waals surface area contributed by atoms with E-state index in [9.17, 15) is 14.4 Å². The molecule has 7 nitrogen and oxygen atoms in total. The maximum Gasteiger partial charge on any atom is 0.407 e. The van der Waals surface area contributed by atoms with Crippen LogP contribution in [-0.4, -0.2) is 30.5 Å². The van der Waals surface area contributed by atoms with E-state index in [-0.39, 0.29) is 19.6 Å². The van der Waals surface area contributed by atoms with Crippen LogP contribution >= 0.6 is 0 Å². The van der Waals surface area contributed by atoms with E-state index in [1.165, 1.54) is 0 Å². The van der Waals surface area contributed by atoms with Gasteiger partial charge in [0.1, 0.15) is 19.2 Å². The van der Waals surface area contributed by atoms with Crippen LogP contribution in [0, 0.1) is 13.8 Å². The molecule has 0 spiro atoms. The van der Waals surface area contributed by atoms with Crippen LogP contribution in [0.4, 0.5) is 4.79 Å². The van der Waals surface area contributed by atoms with Gasteiger partial charge in [0.05, 0.1) is 0 Å². The maximum atomic E-state index is 12.1. The van der Waals surface area contributed by atoms with Crippen molar-refractivity contribution in [2.75, 3.05) is 6.54 Å². The molecule has 0 radical (unpaired) electrons. The normalized spacial score (nSPS) is 11.4. The Kier molecular flexibility index (Phi) is 7.56. The van der Waals surface area contributed by atoms with Crippen molar-refractivity contribution in [2.24, 2.45) is 5.73 Å². The molecule has 2 aromatic carbocycles. The zero-order chi connectivity index (χ0) is 20.5. The number of aryl methyl sites for hydroxylation is 2. The molecule has 7 heteroatoms. The fraction of sp³-hybridized carbons (Fsp3) is 0.286. The number of nitrogens with two attached hydrogens (primary N) is 1. The van der Waals surface area contributed by atoms with E-state index < -0.39 is 23.9 Å². The molecule has 0 aliphatic heterocycles. The fourth-order valence-corrected chi connectivity index (χ4v) is 2.77. The molecule has 0 aliphatic rings. The van der Waals surface area contributed by atoms with Crippen molar-refractivity contribution in [1.29, 1.82) is 0 Å². The number of carbonyl (C=O) groups excluding carboxylic acids is 3. The average molecular weight is 383 g/mol. The first kappa shape index (κ1) is 21.0. The summed E-state index contributed by atoms with van der Waals surface area (Å²) in [5.74, 6) is -1.16. The van der Waals surface area contributed by atoms with Gasteiger partial charge in [-0.15, -0.1) is 0 Å². The van der Waals surface area contributed by atoms with E-state index in [4.69, 9.17) is 10.5 Å². The Labute approximate surface area is 164 Å². The van der Waals surface area contributed by atoms with Gasteiger partial charge in [-0.25, -0.2) is 4.79 Å². The van der Waals surface area contributed by atoms with Gasteiger partial charge in [0.2, 0.25) is 11.8 Å². The van der Waals surface area contributed by atoms with Gasteiger partial charge in [0.25, 0.3) is 0 Å². The lowest BCUT2D eigenvalue weighted by molar-refractivity contribution is -0.126. The standard InChI is InChI=1S/C21H25N3O4/c1-14-7-6-8-15(2)17(14)11-18(20(22)26)24-19(25)12-23-21(27)28-13-16-9-4-3-5-10-16/h3-10,18H,11-13H2,1-2H3,(H2,22,26)(H,23,27)(H,24,25)/t18-/m0/s1. The maximum absolute atomic E-state index is 12.1. The van der Waals surface area contributed by atoms with Crippen LogP contribution in [0.2, 0.25) is 0 Å². The lowest BCUT2D eigenvalue weighted by atomic mass is 9.96. The van der Waals surface area contributed by atoms with Gasteiger partial charge in [-0.2, -0.15) is 0 Å². The highest BCUT2D eigenvalue weighted by Crippen LogP contribution is 2.15. The number of amides is 3. The van der Waals surface area contributed by atoms with E-state index in [1.807, 2.05) is 62.4 Å². The molecular formula is C21H25N3O4. The number of ether oxygens (including phenoxy) is 1. The summed E-state index contributed by atoms with van der Waals surface area (Å²) in [5.41, 5.74) is 9.27. The Morgan fingerprint density at radius 1 is 1.00 bits per heavy atom. The fourth-order valence-electron chi connectivity index (χ4n) is 2.77. The SMILES string of the molecule is Cc1cccc(C)c1C[C@H](NC(=O)CNC(=O)OCc1ccccc1)C(N)=O. The van der Waals surface area contributed by atoms with Crippen LogP contribution in [0.1, 0.15) is 22.3 Å². The first-order valence-corrected chi connectivity index (χ1v) is 8.95. The van der Waals surface area contributed by atoms with E-state index in [1.54, 1.807) is 0 Å². The van der Waals surface area contributed by atoms with Crippen LogP contribution in [0.5, 0.6) is 0 Å². The number of alkyl carbamates (subject to hydrolysis) is 1. The predicted molar refractivity (Wildman–Crippen MR) is 105 cm³/mol. The molecule has 2 rings (SSSR count). The second-order valence-corrected chi connectivity index (χ2v) is 6.51. The summed E-state index contributed by atoms with van der Waals surface area (Å²) in [6.45, 7) is 3.66. The molecule has 1 atom stereocenters.